The summed E-state index contributed by atoms with van der Waals surface area (Å²) in [6, 6.07) is 8.29. The Morgan fingerprint density at radius 3 is 2.68 bits per heavy atom. The number of para-hydroxylation sites is 1. The summed E-state index contributed by atoms with van der Waals surface area (Å²) in [4.78, 5) is 0. The number of rotatable bonds is 4. The van der Waals surface area contributed by atoms with Gasteiger partial charge in [-0.25, -0.2) is 5.43 Å². The van der Waals surface area contributed by atoms with Crippen molar-refractivity contribution in [3.05, 3.63) is 35.6 Å². The Hall–Kier alpha value is -0.970. The fourth-order valence-electron chi connectivity index (χ4n) is 1.95. The molecule has 0 radical (unpaired) electrons. The van der Waals surface area contributed by atoms with Crippen molar-refractivity contribution in [3.63, 3.8) is 0 Å². The minimum absolute atomic E-state index is 0.0380. The van der Waals surface area contributed by atoms with Gasteiger partial charge in [0.25, 0.3) is 0 Å². The summed E-state index contributed by atoms with van der Waals surface area (Å²) in [6.45, 7) is 8.67. The number of hydrazine groups is 1. The van der Waals surface area contributed by atoms with Crippen LogP contribution in [-0.2, 0) is 0 Å². The third-order valence-corrected chi connectivity index (χ3v) is 4.35. The van der Waals surface area contributed by atoms with Gasteiger partial charge in [-0.15, -0.1) is 0 Å². The fraction of sp³-hybridized carbons (Fsp3) is 0.467. The first-order valence-electron chi connectivity index (χ1n) is 6.50. The number of benzene rings is 1. The summed E-state index contributed by atoms with van der Waals surface area (Å²) in [6.07, 6.45) is 0. The summed E-state index contributed by atoms with van der Waals surface area (Å²) in [5, 5.41) is 1.14. The largest absolute Gasteiger partial charge is 0.459 e. The van der Waals surface area contributed by atoms with Gasteiger partial charge in [-0.3, -0.25) is 5.84 Å². The van der Waals surface area contributed by atoms with Crippen molar-refractivity contribution < 1.29 is 4.42 Å². The van der Waals surface area contributed by atoms with E-state index in [2.05, 4.69) is 51.3 Å². The van der Waals surface area contributed by atoms with Crippen LogP contribution >= 0.6 is 11.8 Å². The molecule has 1 heterocycles. The number of nitrogens with one attached hydrogen (secondary N) is 1. The molecule has 0 saturated carbocycles. The van der Waals surface area contributed by atoms with Crippen molar-refractivity contribution >= 4 is 22.7 Å². The molecule has 0 amide bonds. The number of furan rings is 1. The second-order valence-electron chi connectivity index (χ2n) is 5.78. The molecular weight excluding hydrogens is 256 g/mol. The molecule has 4 heteroatoms. The molecule has 104 valence electrons. The summed E-state index contributed by atoms with van der Waals surface area (Å²) >= 11 is 1.87. The van der Waals surface area contributed by atoms with Crippen LogP contribution in [-0.4, -0.2) is 10.5 Å². The van der Waals surface area contributed by atoms with E-state index in [1.54, 1.807) is 0 Å². The van der Waals surface area contributed by atoms with Gasteiger partial charge in [-0.2, -0.15) is 11.8 Å². The molecule has 1 unspecified atom stereocenters. The smallest absolute Gasteiger partial charge is 0.137 e. The molecule has 0 aliphatic rings. The highest BCUT2D eigenvalue weighted by Crippen LogP contribution is 2.31. The lowest BCUT2D eigenvalue weighted by Crippen LogP contribution is -2.30. The summed E-state index contributed by atoms with van der Waals surface area (Å²) in [7, 11) is 0. The minimum Gasteiger partial charge on any atom is -0.459 e. The van der Waals surface area contributed by atoms with Crippen LogP contribution in [0.15, 0.2) is 28.7 Å². The van der Waals surface area contributed by atoms with E-state index < -0.39 is 0 Å². The standard InChI is InChI=1S/C15H22N2OS/c1-10-6-5-7-11-8-13(18-14(10)11)12(17-16)9-19-15(2,3)4/h5-8,12,17H,9,16H2,1-4H3. The number of hydrogen-bond acceptors (Lipinski definition) is 4. The van der Waals surface area contributed by atoms with Crippen LogP contribution in [0.1, 0.15) is 38.1 Å². The summed E-state index contributed by atoms with van der Waals surface area (Å²) in [5.74, 6) is 7.46. The van der Waals surface area contributed by atoms with Gasteiger partial charge in [0.2, 0.25) is 0 Å². The van der Waals surface area contributed by atoms with Crippen LogP contribution in [0.2, 0.25) is 0 Å². The first kappa shape index (κ1) is 14.4. The van der Waals surface area contributed by atoms with Crippen molar-refractivity contribution in [2.24, 2.45) is 5.84 Å². The van der Waals surface area contributed by atoms with E-state index >= 15 is 0 Å². The van der Waals surface area contributed by atoms with Crippen LogP contribution in [0.25, 0.3) is 11.0 Å². The van der Waals surface area contributed by atoms with Crippen molar-refractivity contribution in [3.8, 4) is 0 Å². The van der Waals surface area contributed by atoms with E-state index in [1.807, 2.05) is 17.8 Å². The first-order valence-corrected chi connectivity index (χ1v) is 7.48. The maximum Gasteiger partial charge on any atom is 0.137 e. The maximum atomic E-state index is 5.96. The molecule has 1 aromatic heterocycles. The normalized spacial score (nSPS) is 13.9. The Morgan fingerprint density at radius 2 is 2.11 bits per heavy atom. The molecule has 0 bridgehead atoms. The zero-order valence-corrected chi connectivity index (χ0v) is 12.8. The van der Waals surface area contributed by atoms with E-state index in [0.717, 1.165) is 28.0 Å². The molecular formula is C15H22N2OS. The molecule has 19 heavy (non-hydrogen) atoms. The molecule has 3 nitrogen and oxygen atoms in total. The average Bonchev–Trinajstić information content (AvgIpc) is 2.73. The molecule has 0 aliphatic carbocycles. The number of thioether (sulfide) groups is 1. The zero-order chi connectivity index (χ0) is 14.0. The predicted octanol–water partition coefficient (Wildman–Crippen LogP) is 3.78. The number of nitrogens with two attached hydrogens (primary N) is 1. The van der Waals surface area contributed by atoms with Gasteiger partial charge in [-0.05, 0) is 18.6 Å². The van der Waals surface area contributed by atoms with Crippen molar-refractivity contribution in [2.75, 3.05) is 5.75 Å². The lowest BCUT2D eigenvalue weighted by molar-refractivity contribution is 0.462. The Morgan fingerprint density at radius 1 is 1.37 bits per heavy atom. The van der Waals surface area contributed by atoms with Crippen LogP contribution < -0.4 is 11.3 Å². The van der Waals surface area contributed by atoms with Crippen molar-refractivity contribution in [1.82, 2.24) is 5.43 Å². The molecule has 0 saturated heterocycles. The summed E-state index contributed by atoms with van der Waals surface area (Å²) < 4.78 is 6.18. The van der Waals surface area contributed by atoms with E-state index in [9.17, 15) is 0 Å². The second-order valence-corrected chi connectivity index (χ2v) is 7.63. The second kappa shape index (κ2) is 5.57. The molecule has 1 aromatic carbocycles. The van der Waals surface area contributed by atoms with Crippen LogP contribution in [0.3, 0.4) is 0 Å². The van der Waals surface area contributed by atoms with Gasteiger partial charge >= 0.3 is 0 Å². The zero-order valence-electron chi connectivity index (χ0n) is 12.0. The Kier molecular flexibility index (Phi) is 4.23. The van der Waals surface area contributed by atoms with Gasteiger partial charge in [0.05, 0.1) is 6.04 Å². The quantitative estimate of drug-likeness (QED) is 0.660. The third kappa shape index (κ3) is 3.53. The predicted molar refractivity (Wildman–Crippen MR) is 83.2 cm³/mol. The molecule has 2 rings (SSSR count). The Balaban J connectivity index is 2.23. The van der Waals surface area contributed by atoms with Crippen molar-refractivity contribution in [1.29, 1.82) is 0 Å². The molecule has 0 aliphatic heterocycles. The maximum absolute atomic E-state index is 5.96. The van der Waals surface area contributed by atoms with Gasteiger partial charge in [0.1, 0.15) is 11.3 Å². The SMILES string of the molecule is Cc1cccc2cc(C(CSC(C)(C)C)NN)oc12. The topological polar surface area (TPSA) is 51.2 Å². The fourth-order valence-corrected chi connectivity index (χ4v) is 2.87. The van der Waals surface area contributed by atoms with E-state index in [4.69, 9.17) is 10.3 Å². The lowest BCUT2D eigenvalue weighted by Gasteiger charge is -2.21. The number of hydrogen-bond donors (Lipinski definition) is 2. The van der Waals surface area contributed by atoms with Crippen molar-refractivity contribution in [2.45, 2.75) is 38.5 Å². The molecule has 1 atom stereocenters. The molecule has 0 fully saturated rings. The highest BCUT2D eigenvalue weighted by Gasteiger charge is 2.19. The Bertz CT molecular complexity index is 557. The van der Waals surface area contributed by atoms with Crippen LogP contribution in [0.5, 0.6) is 0 Å². The molecule has 2 aromatic rings. The average molecular weight is 278 g/mol. The third-order valence-electron chi connectivity index (χ3n) is 2.99. The van der Waals surface area contributed by atoms with Gasteiger partial charge in [0, 0.05) is 15.9 Å². The van der Waals surface area contributed by atoms with Crippen LogP contribution in [0, 0.1) is 6.92 Å². The first-order chi connectivity index (χ1) is 8.90. The van der Waals surface area contributed by atoms with Crippen LogP contribution in [0.4, 0.5) is 0 Å². The minimum atomic E-state index is 0.0380. The number of aryl methyl sites for hydroxylation is 1. The van der Waals surface area contributed by atoms with E-state index in [0.29, 0.717) is 0 Å². The number of fused-ring (bicyclic) bond motifs is 1. The van der Waals surface area contributed by atoms with E-state index in [1.165, 1.54) is 0 Å². The molecule has 3 N–H and O–H groups in total. The van der Waals surface area contributed by atoms with Gasteiger partial charge < -0.3 is 4.42 Å². The monoisotopic (exact) mass is 278 g/mol. The highest BCUT2D eigenvalue weighted by molar-refractivity contribution is 8.00. The van der Waals surface area contributed by atoms with E-state index in [-0.39, 0.29) is 10.8 Å². The summed E-state index contributed by atoms with van der Waals surface area (Å²) in [5.41, 5.74) is 4.97. The Labute approximate surface area is 118 Å². The highest BCUT2D eigenvalue weighted by atomic mass is 32.2. The lowest BCUT2D eigenvalue weighted by atomic mass is 10.1. The van der Waals surface area contributed by atoms with Gasteiger partial charge in [0.15, 0.2) is 0 Å². The molecule has 0 spiro atoms. The van der Waals surface area contributed by atoms with Gasteiger partial charge in [-0.1, -0.05) is 39.0 Å².